The second-order valence-electron chi connectivity index (χ2n) is 4.36. The third-order valence-electron chi connectivity index (χ3n) is 3.12. The van der Waals surface area contributed by atoms with E-state index in [1.54, 1.807) is 11.3 Å². The molecule has 3 aromatic rings. The van der Waals surface area contributed by atoms with Crippen LogP contribution in [0.2, 0.25) is 0 Å². The van der Waals surface area contributed by atoms with Gasteiger partial charge in [0.2, 0.25) is 0 Å². The second kappa shape index (κ2) is 5.43. The average Bonchev–Trinajstić information content (AvgIpc) is 2.89. The number of fused-ring (bicyclic) bond motifs is 1. The maximum atomic E-state index is 5.82. The van der Waals surface area contributed by atoms with Gasteiger partial charge in [0.15, 0.2) is 0 Å². The van der Waals surface area contributed by atoms with Gasteiger partial charge in [-0.05, 0) is 29.1 Å². The standard InChI is InChI=1S/C16H15NOS/c17-9-12-5-4-8-15-16(12)13(11-19-15)10-18-14-6-2-1-3-7-14/h1-8,11H,9-10,17H2. The molecule has 0 saturated heterocycles. The highest BCUT2D eigenvalue weighted by molar-refractivity contribution is 7.17. The van der Waals surface area contributed by atoms with Gasteiger partial charge in [0.05, 0.1) is 0 Å². The van der Waals surface area contributed by atoms with E-state index in [0.717, 1.165) is 5.75 Å². The van der Waals surface area contributed by atoms with Crippen LogP contribution in [0.25, 0.3) is 10.1 Å². The first-order valence-electron chi connectivity index (χ1n) is 6.24. The fourth-order valence-corrected chi connectivity index (χ4v) is 3.18. The normalized spacial score (nSPS) is 10.8. The van der Waals surface area contributed by atoms with E-state index in [0.29, 0.717) is 13.2 Å². The van der Waals surface area contributed by atoms with Crippen LogP contribution in [0.15, 0.2) is 53.9 Å². The minimum atomic E-state index is 0.562. The largest absolute Gasteiger partial charge is 0.489 e. The van der Waals surface area contributed by atoms with Crippen molar-refractivity contribution in [3.8, 4) is 5.75 Å². The quantitative estimate of drug-likeness (QED) is 0.778. The molecule has 2 aromatic carbocycles. The number of para-hydroxylation sites is 1. The Morgan fingerprint density at radius 1 is 0.947 bits per heavy atom. The topological polar surface area (TPSA) is 35.2 Å². The number of benzene rings is 2. The zero-order valence-electron chi connectivity index (χ0n) is 10.5. The average molecular weight is 269 g/mol. The van der Waals surface area contributed by atoms with Crippen LogP contribution in [-0.2, 0) is 13.2 Å². The van der Waals surface area contributed by atoms with Crippen molar-refractivity contribution in [2.24, 2.45) is 5.73 Å². The van der Waals surface area contributed by atoms with E-state index in [4.69, 9.17) is 10.5 Å². The number of ether oxygens (including phenoxy) is 1. The fraction of sp³-hybridized carbons (Fsp3) is 0.125. The Hall–Kier alpha value is -1.84. The molecule has 0 fully saturated rings. The summed E-state index contributed by atoms with van der Waals surface area (Å²) in [6.45, 7) is 1.15. The lowest BCUT2D eigenvalue weighted by molar-refractivity contribution is 0.308. The number of rotatable bonds is 4. The summed E-state index contributed by atoms with van der Waals surface area (Å²) in [7, 11) is 0. The Morgan fingerprint density at radius 3 is 2.58 bits per heavy atom. The predicted octanol–water partition coefficient (Wildman–Crippen LogP) is 3.94. The Balaban J connectivity index is 1.89. The van der Waals surface area contributed by atoms with Crippen LogP contribution in [-0.4, -0.2) is 0 Å². The zero-order valence-corrected chi connectivity index (χ0v) is 11.3. The summed E-state index contributed by atoms with van der Waals surface area (Å²) in [5.41, 5.74) is 8.21. The summed E-state index contributed by atoms with van der Waals surface area (Å²) in [6.07, 6.45) is 0. The van der Waals surface area contributed by atoms with Gasteiger partial charge in [-0.3, -0.25) is 0 Å². The maximum absolute atomic E-state index is 5.82. The van der Waals surface area contributed by atoms with E-state index in [9.17, 15) is 0 Å². The maximum Gasteiger partial charge on any atom is 0.119 e. The molecular formula is C16H15NOS. The molecule has 0 aliphatic heterocycles. The van der Waals surface area contributed by atoms with E-state index in [1.165, 1.54) is 21.2 Å². The molecule has 3 rings (SSSR count). The Bertz CT molecular complexity index is 676. The molecule has 96 valence electrons. The van der Waals surface area contributed by atoms with Crippen LogP contribution in [0.1, 0.15) is 11.1 Å². The highest BCUT2D eigenvalue weighted by Gasteiger charge is 2.08. The molecule has 0 aliphatic carbocycles. The Labute approximate surface area is 116 Å². The molecule has 3 heteroatoms. The molecule has 2 nitrogen and oxygen atoms in total. The van der Waals surface area contributed by atoms with Gasteiger partial charge >= 0.3 is 0 Å². The first-order valence-corrected chi connectivity index (χ1v) is 7.12. The molecule has 0 amide bonds. The molecule has 0 aliphatic rings. The van der Waals surface area contributed by atoms with Crippen molar-refractivity contribution in [1.29, 1.82) is 0 Å². The first kappa shape index (κ1) is 12.2. The van der Waals surface area contributed by atoms with Crippen LogP contribution in [0, 0.1) is 0 Å². The summed E-state index contributed by atoms with van der Waals surface area (Å²) in [6, 6.07) is 16.2. The SMILES string of the molecule is NCc1cccc2scc(COc3ccccc3)c12. The van der Waals surface area contributed by atoms with Gasteiger partial charge in [0, 0.05) is 22.2 Å². The predicted molar refractivity (Wildman–Crippen MR) is 80.5 cm³/mol. The molecule has 19 heavy (non-hydrogen) atoms. The monoisotopic (exact) mass is 269 g/mol. The Kier molecular flexibility index (Phi) is 3.49. The molecule has 0 bridgehead atoms. The summed E-state index contributed by atoms with van der Waals surface area (Å²) in [4.78, 5) is 0. The van der Waals surface area contributed by atoms with Crippen molar-refractivity contribution in [2.75, 3.05) is 0 Å². The van der Waals surface area contributed by atoms with Gasteiger partial charge in [-0.1, -0.05) is 30.3 Å². The van der Waals surface area contributed by atoms with Crippen LogP contribution in [0.4, 0.5) is 0 Å². The van der Waals surface area contributed by atoms with Crippen LogP contribution in [0.5, 0.6) is 5.75 Å². The molecule has 1 heterocycles. The van der Waals surface area contributed by atoms with Gasteiger partial charge < -0.3 is 10.5 Å². The summed E-state index contributed by atoms with van der Waals surface area (Å²) in [5, 5.41) is 3.41. The van der Waals surface area contributed by atoms with Gasteiger partial charge in [-0.2, -0.15) is 0 Å². The molecule has 1 aromatic heterocycles. The van der Waals surface area contributed by atoms with Crippen LogP contribution < -0.4 is 10.5 Å². The van der Waals surface area contributed by atoms with Crippen molar-refractivity contribution < 1.29 is 4.74 Å². The van der Waals surface area contributed by atoms with Crippen molar-refractivity contribution in [3.63, 3.8) is 0 Å². The third-order valence-corrected chi connectivity index (χ3v) is 4.12. The highest BCUT2D eigenvalue weighted by atomic mass is 32.1. The van der Waals surface area contributed by atoms with Crippen molar-refractivity contribution >= 4 is 21.4 Å². The first-order chi connectivity index (χ1) is 9.38. The smallest absolute Gasteiger partial charge is 0.119 e. The Morgan fingerprint density at radius 2 is 1.79 bits per heavy atom. The van der Waals surface area contributed by atoms with Gasteiger partial charge in [0.25, 0.3) is 0 Å². The lowest BCUT2D eigenvalue weighted by Gasteiger charge is -2.07. The highest BCUT2D eigenvalue weighted by Crippen LogP contribution is 2.29. The molecule has 2 N–H and O–H groups in total. The fourth-order valence-electron chi connectivity index (χ4n) is 2.19. The zero-order chi connectivity index (χ0) is 13.1. The van der Waals surface area contributed by atoms with E-state index in [-0.39, 0.29) is 0 Å². The number of thiophene rings is 1. The molecule has 0 spiro atoms. The second-order valence-corrected chi connectivity index (χ2v) is 5.27. The molecule has 0 atom stereocenters. The van der Waals surface area contributed by atoms with E-state index in [2.05, 4.69) is 23.6 Å². The van der Waals surface area contributed by atoms with E-state index >= 15 is 0 Å². The summed E-state index contributed by atoms with van der Waals surface area (Å²) < 4.78 is 7.10. The number of hydrogen-bond acceptors (Lipinski definition) is 3. The van der Waals surface area contributed by atoms with Crippen molar-refractivity contribution in [1.82, 2.24) is 0 Å². The minimum Gasteiger partial charge on any atom is -0.489 e. The number of nitrogens with two attached hydrogens (primary N) is 1. The van der Waals surface area contributed by atoms with Crippen LogP contribution >= 0.6 is 11.3 Å². The third kappa shape index (κ3) is 2.48. The van der Waals surface area contributed by atoms with Crippen molar-refractivity contribution in [2.45, 2.75) is 13.2 Å². The molecule has 0 saturated carbocycles. The summed E-state index contributed by atoms with van der Waals surface area (Å²) in [5.74, 6) is 0.895. The summed E-state index contributed by atoms with van der Waals surface area (Å²) >= 11 is 1.74. The van der Waals surface area contributed by atoms with Crippen LogP contribution in [0.3, 0.4) is 0 Å². The van der Waals surface area contributed by atoms with E-state index in [1.807, 2.05) is 30.3 Å². The molecule has 0 unspecified atom stereocenters. The minimum absolute atomic E-state index is 0.562. The number of hydrogen-bond donors (Lipinski definition) is 1. The lowest BCUT2D eigenvalue weighted by atomic mass is 10.1. The molecular weight excluding hydrogens is 254 g/mol. The van der Waals surface area contributed by atoms with Gasteiger partial charge in [0.1, 0.15) is 12.4 Å². The lowest BCUT2D eigenvalue weighted by Crippen LogP contribution is -1.99. The van der Waals surface area contributed by atoms with E-state index < -0.39 is 0 Å². The van der Waals surface area contributed by atoms with Gasteiger partial charge in [-0.25, -0.2) is 0 Å². The molecule has 0 radical (unpaired) electrons. The van der Waals surface area contributed by atoms with Gasteiger partial charge in [-0.15, -0.1) is 11.3 Å². The van der Waals surface area contributed by atoms with Crippen molar-refractivity contribution in [3.05, 3.63) is 65.0 Å².